The van der Waals surface area contributed by atoms with Crippen molar-refractivity contribution in [2.45, 2.75) is 11.3 Å². The number of nitrogens with zero attached hydrogens (tertiary/aromatic N) is 3. The molecule has 0 spiro atoms. The monoisotopic (exact) mass is 549 g/mol. The molecule has 2 amide bonds. The summed E-state index contributed by atoms with van der Waals surface area (Å²) in [6.07, 6.45) is 1.69. The second kappa shape index (κ2) is 8.78. The van der Waals surface area contributed by atoms with Gasteiger partial charge in [-0.25, -0.2) is 4.90 Å². The van der Waals surface area contributed by atoms with Crippen LogP contribution in [-0.2, 0) is 15.0 Å². The highest BCUT2D eigenvalue weighted by molar-refractivity contribution is 6.27. The summed E-state index contributed by atoms with van der Waals surface area (Å²) in [6.45, 7) is 0. The molecule has 5 aromatic rings. The van der Waals surface area contributed by atoms with Gasteiger partial charge >= 0.3 is 0 Å². The van der Waals surface area contributed by atoms with Crippen LogP contribution in [0.4, 0.5) is 17.1 Å². The van der Waals surface area contributed by atoms with Crippen LogP contribution >= 0.6 is 0 Å². The highest BCUT2D eigenvalue weighted by atomic mass is 16.6. The molecule has 2 atom stereocenters. The Bertz CT molecular complexity index is 1960. The van der Waals surface area contributed by atoms with Gasteiger partial charge in [-0.2, -0.15) is 0 Å². The molecule has 7 nitrogen and oxygen atoms in total. The average molecular weight is 550 g/mol. The third-order valence-electron chi connectivity index (χ3n) is 9.18. The zero-order valence-corrected chi connectivity index (χ0v) is 22.3. The maximum absolute atomic E-state index is 14.7. The minimum absolute atomic E-state index is 0.126. The van der Waals surface area contributed by atoms with Crippen LogP contribution in [0.3, 0.4) is 0 Å². The molecule has 3 aliphatic carbocycles. The van der Waals surface area contributed by atoms with Crippen molar-refractivity contribution in [3.8, 4) is 0 Å². The first-order chi connectivity index (χ1) is 20.5. The number of rotatable bonds is 4. The molecule has 0 unspecified atom stereocenters. The Morgan fingerprint density at radius 2 is 1.36 bits per heavy atom. The summed E-state index contributed by atoms with van der Waals surface area (Å²) in [4.78, 5) is 46.8. The number of anilines is 1. The maximum Gasteiger partial charge on any atom is 0.294 e. The molecule has 42 heavy (non-hydrogen) atoms. The fraction of sp³-hybridized carbons (Fsp3) is 0.114. The predicted molar refractivity (Wildman–Crippen MR) is 160 cm³/mol. The fourth-order valence-corrected chi connectivity index (χ4v) is 7.59. The number of hydrogen-bond acceptors (Lipinski definition) is 5. The largest absolute Gasteiger partial charge is 0.294 e. The summed E-state index contributed by atoms with van der Waals surface area (Å²) in [7, 11) is 0. The molecular formula is C35H23N3O4. The van der Waals surface area contributed by atoms with Crippen LogP contribution in [-0.4, -0.2) is 23.0 Å². The second-order valence-electron chi connectivity index (χ2n) is 11.0. The Hall–Kier alpha value is -5.43. The smallest absolute Gasteiger partial charge is 0.274 e. The van der Waals surface area contributed by atoms with Crippen LogP contribution in [0.15, 0.2) is 120 Å². The van der Waals surface area contributed by atoms with Crippen molar-refractivity contribution in [3.63, 3.8) is 0 Å². The van der Waals surface area contributed by atoms with Crippen molar-refractivity contribution in [2.24, 2.45) is 16.8 Å². The van der Waals surface area contributed by atoms with Gasteiger partial charge in [0.1, 0.15) is 5.69 Å². The van der Waals surface area contributed by atoms with E-state index in [1.807, 2.05) is 91.0 Å². The Kier molecular flexibility index (Phi) is 5.10. The lowest BCUT2D eigenvalue weighted by atomic mass is 9.47. The zero-order chi connectivity index (χ0) is 28.6. The quantitative estimate of drug-likeness (QED) is 0.108. The molecule has 1 aliphatic heterocycles. The van der Waals surface area contributed by atoms with E-state index in [2.05, 4.69) is 0 Å². The van der Waals surface area contributed by atoms with Gasteiger partial charge in [-0.3, -0.25) is 24.7 Å². The molecule has 1 fully saturated rings. The second-order valence-corrected chi connectivity index (χ2v) is 11.0. The Morgan fingerprint density at radius 3 is 2.10 bits per heavy atom. The molecule has 7 heteroatoms. The number of amides is 2. The number of nitro benzene ring substituents is 1. The third-order valence-corrected chi connectivity index (χ3v) is 9.18. The van der Waals surface area contributed by atoms with E-state index < -0.39 is 22.2 Å². The predicted octanol–water partition coefficient (Wildman–Crippen LogP) is 6.70. The molecule has 4 aliphatic rings. The van der Waals surface area contributed by atoms with Gasteiger partial charge in [0.15, 0.2) is 0 Å². The number of nitro groups is 1. The van der Waals surface area contributed by atoms with Gasteiger partial charge < -0.3 is 0 Å². The van der Waals surface area contributed by atoms with Gasteiger partial charge in [0.2, 0.25) is 11.8 Å². The topological polar surface area (TPSA) is 92.9 Å². The number of fused-ring (bicyclic) bond motifs is 1. The molecule has 0 radical (unpaired) electrons. The van der Waals surface area contributed by atoms with Crippen LogP contribution in [0.1, 0.15) is 28.2 Å². The number of para-hydroxylation sites is 2. The van der Waals surface area contributed by atoms with E-state index in [4.69, 9.17) is 4.99 Å². The first-order valence-electron chi connectivity index (χ1n) is 13.9. The van der Waals surface area contributed by atoms with Crippen LogP contribution in [0, 0.1) is 22.0 Å². The first kappa shape index (κ1) is 24.4. The Balaban J connectivity index is 1.41. The summed E-state index contributed by atoms with van der Waals surface area (Å²) in [6, 6.07) is 35.5. The van der Waals surface area contributed by atoms with E-state index in [0.29, 0.717) is 5.69 Å². The molecule has 2 bridgehead atoms. The first-order valence-corrected chi connectivity index (χ1v) is 13.9. The molecule has 0 aromatic heterocycles. The summed E-state index contributed by atoms with van der Waals surface area (Å²) in [5.41, 5.74) is 3.28. The van der Waals surface area contributed by atoms with Crippen molar-refractivity contribution in [1.82, 2.24) is 0 Å². The van der Waals surface area contributed by atoms with Gasteiger partial charge in [0, 0.05) is 23.6 Å². The lowest BCUT2D eigenvalue weighted by Crippen LogP contribution is -2.54. The lowest BCUT2D eigenvalue weighted by molar-refractivity contribution is -0.384. The molecule has 9 rings (SSSR count). The standard InChI is InChI=1S/C35H23N3O4/c39-33-31-30-23-13-3-5-15-25(23)35(26-16-6-4-14-24(26)30,20-36-27-17-7-8-18-29(27)38(41)42)32(31)34(40)37(33)28-19-9-11-21-10-1-2-12-22(21)28/h1-20,30-32H/t30?,31-,32+,35?/m0/s1. The number of carbonyl (C=O) groups is 2. The summed E-state index contributed by atoms with van der Waals surface area (Å²) in [5, 5.41) is 13.6. The van der Waals surface area contributed by atoms with Crippen molar-refractivity contribution < 1.29 is 14.5 Å². The van der Waals surface area contributed by atoms with Gasteiger partial charge in [-0.15, -0.1) is 0 Å². The molecule has 202 valence electrons. The van der Waals surface area contributed by atoms with Crippen LogP contribution in [0.5, 0.6) is 0 Å². The summed E-state index contributed by atoms with van der Waals surface area (Å²) in [5.74, 6) is -2.26. The highest BCUT2D eigenvalue weighted by Gasteiger charge is 2.68. The lowest BCUT2D eigenvalue weighted by Gasteiger charge is -2.52. The normalized spacial score (nSPS) is 23.7. The van der Waals surface area contributed by atoms with E-state index in [-0.39, 0.29) is 29.1 Å². The fourth-order valence-electron chi connectivity index (χ4n) is 7.59. The number of imide groups is 1. The van der Waals surface area contributed by atoms with E-state index in [0.717, 1.165) is 33.0 Å². The van der Waals surface area contributed by atoms with E-state index in [9.17, 15) is 19.7 Å². The van der Waals surface area contributed by atoms with Crippen LogP contribution < -0.4 is 4.90 Å². The number of carbonyl (C=O) groups excluding carboxylic acids is 2. The minimum Gasteiger partial charge on any atom is -0.274 e. The average Bonchev–Trinajstić information content (AvgIpc) is 3.30. The third kappa shape index (κ3) is 3.07. The molecule has 0 N–H and O–H groups in total. The van der Waals surface area contributed by atoms with Crippen molar-refractivity contribution in [2.75, 3.05) is 4.90 Å². The van der Waals surface area contributed by atoms with Crippen molar-refractivity contribution in [1.29, 1.82) is 0 Å². The van der Waals surface area contributed by atoms with Crippen LogP contribution in [0.25, 0.3) is 10.8 Å². The zero-order valence-electron chi connectivity index (χ0n) is 22.3. The van der Waals surface area contributed by atoms with E-state index >= 15 is 0 Å². The Labute approximate surface area is 240 Å². The van der Waals surface area contributed by atoms with E-state index in [1.54, 1.807) is 24.4 Å². The molecule has 1 saturated heterocycles. The number of aliphatic imine (C=N–C) groups is 1. The number of hydrogen-bond donors (Lipinski definition) is 0. The molecule has 0 saturated carbocycles. The van der Waals surface area contributed by atoms with Crippen molar-refractivity contribution in [3.05, 3.63) is 148 Å². The summed E-state index contributed by atoms with van der Waals surface area (Å²) < 4.78 is 0. The molecular weight excluding hydrogens is 526 g/mol. The van der Waals surface area contributed by atoms with Gasteiger partial charge in [0.05, 0.1) is 27.9 Å². The van der Waals surface area contributed by atoms with Gasteiger partial charge in [0.25, 0.3) is 5.69 Å². The van der Waals surface area contributed by atoms with E-state index in [1.165, 1.54) is 11.0 Å². The maximum atomic E-state index is 14.7. The Morgan fingerprint density at radius 1 is 0.738 bits per heavy atom. The van der Waals surface area contributed by atoms with Gasteiger partial charge in [-0.1, -0.05) is 97.1 Å². The summed E-state index contributed by atoms with van der Waals surface area (Å²) >= 11 is 0. The molecule has 5 aromatic carbocycles. The highest BCUT2D eigenvalue weighted by Crippen LogP contribution is 2.64. The number of benzene rings is 5. The van der Waals surface area contributed by atoms with Gasteiger partial charge in [-0.05, 0) is 39.8 Å². The minimum atomic E-state index is -1.11. The van der Waals surface area contributed by atoms with Crippen LogP contribution in [0.2, 0.25) is 0 Å². The molecule has 1 heterocycles. The SMILES string of the molecule is O=C1[C@H]2C3c4ccccc4C(C=Nc4ccccc4[N+](=O)[O-])(c4ccccc43)[C@H]2C(=O)N1c1cccc2ccccc12. The van der Waals surface area contributed by atoms with Crippen molar-refractivity contribution >= 4 is 45.9 Å².